The van der Waals surface area contributed by atoms with Crippen molar-refractivity contribution in [3.8, 4) is 17.0 Å². The summed E-state index contributed by atoms with van der Waals surface area (Å²) in [5.41, 5.74) is 10.9. The Labute approximate surface area is 219 Å². The van der Waals surface area contributed by atoms with Crippen LogP contribution in [-0.2, 0) is 17.8 Å². The number of hydrogen-bond acceptors (Lipinski definition) is 5. The van der Waals surface area contributed by atoms with Crippen LogP contribution in [0.25, 0.3) is 16.9 Å². The molecule has 0 spiro atoms. The number of nitrogen functional groups attached to an aromatic ring is 1. The summed E-state index contributed by atoms with van der Waals surface area (Å²) in [7, 11) is 0. The predicted octanol–water partition coefficient (Wildman–Crippen LogP) is 4.59. The molecule has 5 aromatic rings. The first-order valence-corrected chi connectivity index (χ1v) is 12.1. The first kappa shape index (κ1) is 24.6. The number of aliphatic carboxylic acids is 1. The zero-order valence-corrected chi connectivity index (χ0v) is 20.5. The Bertz CT molecular complexity index is 1560. The number of carboxylic acids is 1. The summed E-state index contributed by atoms with van der Waals surface area (Å²) in [6, 6.07) is 26.6. The fourth-order valence-corrected chi connectivity index (χ4v) is 4.06. The highest BCUT2D eigenvalue weighted by Gasteiger charge is 2.22. The highest BCUT2D eigenvalue weighted by molar-refractivity contribution is 5.96. The quantitative estimate of drug-likeness (QED) is 0.252. The molecule has 3 aromatic carbocycles. The van der Waals surface area contributed by atoms with Gasteiger partial charge in [-0.2, -0.15) is 0 Å². The van der Waals surface area contributed by atoms with Gasteiger partial charge in [-0.15, -0.1) is 0 Å². The zero-order chi connectivity index (χ0) is 26.5. The molecule has 4 N–H and O–H groups in total. The number of fused-ring (bicyclic) bond motifs is 1. The number of amides is 1. The van der Waals surface area contributed by atoms with Crippen LogP contribution in [0.15, 0.2) is 103 Å². The first-order valence-electron chi connectivity index (χ1n) is 12.1. The SMILES string of the molecule is Nc1ccc(-c2cn3cc(C(=O)NC(Cc4ccc(OCc5ccccc5)cc4)C(=O)O)ccc3n2)cc1. The minimum atomic E-state index is -1.11. The second kappa shape index (κ2) is 10.9. The summed E-state index contributed by atoms with van der Waals surface area (Å²) in [5.74, 6) is -0.914. The monoisotopic (exact) mass is 506 g/mol. The molecule has 0 aliphatic carbocycles. The summed E-state index contributed by atoms with van der Waals surface area (Å²) < 4.78 is 7.53. The summed E-state index contributed by atoms with van der Waals surface area (Å²) >= 11 is 0. The maximum Gasteiger partial charge on any atom is 0.326 e. The van der Waals surface area contributed by atoms with Gasteiger partial charge in [0.2, 0.25) is 0 Å². The van der Waals surface area contributed by atoms with Gasteiger partial charge in [-0.3, -0.25) is 4.79 Å². The van der Waals surface area contributed by atoms with Crippen molar-refractivity contribution in [2.24, 2.45) is 0 Å². The second-order valence-corrected chi connectivity index (χ2v) is 8.92. The second-order valence-electron chi connectivity index (χ2n) is 8.92. The van der Waals surface area contributed by atoms with Crippen LogP contribution in [-0.4, -0.2) is 32.4 Å². The largest absolute Gasteiger partial charge is 0.489 e. The van der Waals surface area contributed by atoms with Gasteiger partial charge in [0.05, 0.1) is 11.3 Å². The van der Waals surface area contributed by atoms with Crippen molar-refractivity contribution in [3.63, 3.8) is 0 Å². The Morgan fingerprint density at radius 1 is 0.895 bits per heavy atom. The molecule has 1 amide bonds. The van der Waals surface area contributed by atoms with E-state index in [0.717, 1.165) is 22.4 Å². The lowest BCUT2D eigenvalue weighted by Gasteiger charge is -2.15. The van der Waals surface area contributed by atoms with Crippen LogP contribution >= 0.6 is 0 Å². The number of rotatable bonds is 9. The van der Waals surface area contributed by atoms with E-state index in [1.807, 2.05) is 48.7 Å². The highest BCUT2D eigenvalue weighted by atomic mass is 16.5. The van der Waals surface area contributed by atoms with Crippen LogP contribution in [0, 0.1) is 0 Å². The highest BCUT2D eigenvalue weighted by Crippen LogP contribution is 2.21. The molecule has 0 saturated carbocycles. The van der Waals surface area contributed by atoms with Crippen LogP contribution in [0.4, 0.5) is 5.69 Å². The van der Waals surface area contributed by atoms with Gasteiger partial charge in [0.1, 0.15) is 24.0 Å². The number of nitrogens with one attached hydrogen (secondary N) is 1. The maximum atomic E-state index is 12.9. The number of pyridine rings is 1. The van der Waals surface area contributed by atoms with Crippen LogP contribution in [0.3, 0.4) is 0 Å². The number of imidazole rings is 1. The lowest BCUT2D eigenvalue weighted by atomic mass is 10.1. The molecular formula is C30H26N4O4. The van der Waals surface area contributed by atoms with Crippen LogP contribution in [0.1, 0.15) is 21.5 Å². The number of anilines is 1. The van der Waals surface area contributed by atoms with Gasteiger partial charge in [0.25, 0.3) is 5.91 Å². The van der Waals surface area contributed by atoms with Gasteiger partial charge < -0.3 is 25.3 Å². The number of carbonyl (C=O) groups excluding carboxylic acids is 1. The van der Waals surface area contributed by atoms with Gasteiger partial charge in [0.15, 0.2) is 0 Å². The molecule has 8 heteroatoms. The summed E-state index contributed by atoms with van der Waals surface area (Å²) in [5, 5.41) is 12.4. The molecule has 0 fully saturated rings. The minimum absolute atomic E-state index is 0.134. The maximum absolute atomic E-state index is 12.9. The molecule has 2 aromatic heterocycles. The minimum Gasteiger partial charge on any atom is -0.489 e. The van der Waals surface area contributed by atoms with Crippen molar-refractivity contribution >= 4 is 23.2 Å². The van der Waals surface area contributed by atoms with Gasteiger partial charge in [-0.05, 0) is 47.5 Å². The van der Waals surface area contributed by atoms with Crippen molar-refractivity contribution in [3.05, 3.63) is 120 Å². The lowest BCUT2D eigenvalue weighted by molar-refractivity contribution is -0.139. The average molecular weight is 507 g/mol. The van der Waals surface area contributed by atoms with Gasteiger partial charge in [-0.25, -0.2) is 9.78 Å². The standard InChI is InChI=1S/C30H26N4O4/c31-24-11-8-22(9-12-24)27-18-34-17-23(10-15-28(34)32-27)29(35)33-26(30(36)37)16-20-6-13-25(14-7-20)38-19-21-4-2-1-3-5-21/h1-15,17-18,26H,16,19,31H2,(H,33,35)(H,36,37). The third-order valence-electron chi connectivity index (χ3n) is 6.13. The van der Waals surface area contributed by atoms with Crippen molar-refractivity contribution in [2.75, 3.05) is 5.73 Å². The Hall–Kier alpha value is -5.11. The molecule has 2 heterocycles. The first-order chi connectivity index (χ1) is 18.4. The number of nitrogens with two attached hydrogens (primary N) is 1. The van der Waals surface area contributed by atoms with E-state index in [2.05, 4.69) is 10.3 Å². The van der Waals surface area contributed by atoms with Gasteiger partial charge in [0, 0.05) is 30.1 Å². The lowest BCUT2D eigenvalue weighted by Crippen LogP contribution is -2.42. The number of hydrogen-bond donors (Lipinski definition) is 3. The van der Waals surface area contributed by atoms with Gasteiger partial charge >= 0.3 is 5.97 Å². The Kier molecular flexibility index (Phi) is 7.04. The van der Waals surface area contributed by atoms with E-state index in [1.165, 1.54) is 0 Å². The number of nitrogens with zero attached hydrogens (tertiary/aromatic N) is 2. The Balaban J connectivity index is 1.24. The van der Waals surface area contributed by atoms with E-state index in [0.29, 0.717) is 29.3 Å². The smallest absolute Gasteiger partial charge is 0.326 e. The van der Waals surface area contributed by atoms with E-state index in [4.69, 9.17) is 10.5 Å². The molecule has 1 unspecified atom stereocenters. The van der Waals surface area contributed by atoms with E-state index in [-0.39, 0.29) is 6.42 Å². The molecule has 38 heavy (non-hydrogen) atoms. The van der Waals surface area contributed by atoms with E-state index < -0.39 is 17.9 Å². The average Bonchev–Trinajstić information content (AvgIpc) is 3.36. The predicted molar refractivity (Wildman–Crippen MR) is 145 cm³/mol. The van der Waals surface area contributed by atoms with Crippen molar-refractivity contribution in [1.82, 2.24) is 14.7 Å². The summed E-state index contributed by atoms with van der Waals surface area (Å²) in [6.45, 7) is 0.441. The Morgan fingerprint density at radius 3 is 2.34 bits per heavy atom. The third kappa shape index (κ3) is 5.82. The molecule has 1 atom stereocenters. The molecule has 8 nitrogen and oxygen atoms in total. The van der Waals surface area contributed by atoms with Crippen molar-refractivity contribution in [2.45, 2.75) is 19.1 Å². The van der Waals surface area contributed by atoms with Crippen LogP contribution in [0.5, 0.6) is 5.75 Å². The Morgan fingerprint density at radius 2 is 1.63 bits per heavy atom. The third-order valence-corrected chi connectivity index (χ3v) is 6.13. The zero-order valence-electron chi connectivity index (χ0n) is 20.5. The fraction of sp³-hybridized carbons (Fsp3) is 0.100. The molecular weight excluding hydrogens is 480 g/mol. The van der Waals surface area contributed by atoms with Crippen LogP contribution < -0.4 is 15.8 Å². The molecule has 0 bridgehead atoms. The number of ether oxygens (including phenoxy) is 1. The van der Waals surface area contributed by atoms with E-state index in [1.54, 1.807) is 59.1 Å². The molecule has 190 valence electrons. The number of carboxylic acid groups (broad SMARTS) is 1. The summed E-state index contributed by atoms with van der Waals surface area (Å²) in [4.78, 5) is 29.5. The van der Waals surface area contributed by atoms with Crippen LogP contribution in [0.2, 0.25) is 0 Å². The number of aromatic nitrogens is 2. The topological polar surface area (TPSA) is 119 Å². The molecule has 5 rings (SSSR count). The molecule has 0 saturated heterocycles. The molecule has 0 aliphatic heterocycles. The van der Waals surface area contributed by atoms with E-state index in [9.17, 15) is 14.7 Å². The number of benzene rings is 3. The van der Waals surface area contributed by atoms with Gasteiger partial charge in [-0.1, -0.05) is 54.6 Å². The summed E-state index contributed by atoms with van der Waals surface area (Å²) in [6.07, 6.45) is 3.58. The van der Waals surface area contributed by atoms with Crippen molar-refractivity contribution < 1.29 is 19.4 Å². The number of carbonyl (C=O) groups is 2. The van der Waals surface area contributed by atoms with Crippen molar-refractivity contribution in [1.29, 1.82) is 0 Å². The normalized spacial score (nSPS) is 11.7. The molecule has 0 radical (unpaired) electrons. The fourth-order valence-electron chi connectivity index (χ4n) is 4.06. The molecule has 0 aliphatic rings. The van der Waals surface area contributed by atoms with E-state index >= 15 is 0 Å².